The van der Waals surface area contributed by atoms with Gasteiger partial charge in [-0.3, -0.25) is 0 Å². The molecule has 8 heteroatoms. The zero-order valence-electron chi connectivity index (χ0n) is 13.1. The maximum Gasteiger partial charge on any atom is 0.257 e. The Bertz CT molecular complexity index is 790. The zero-order chi connectivity index (χ0) is 17.0. The number of sulfonamides is 1. The molecule has 0 radical (unpaired) electrons. The molecule has 0 amide bonds. The number of hydrogen-bond donors (Lipinski definition) is 3. The van der Waals surface area contributed by atoms with Crippen molar-refractivity contribution >= 4 is 27.1 Å². The summed E-state index contributed by atoms with van der Waals surface area (Å²) in [6.45, 7) is 2.57. The Morgan fingerprint density at radius 1 is 1.04 bits per heavy atom. The largest absolute Gasteiger partial charge is 0.397 e. The monoisotopic (exact) mass is 348 g/mol. The molecule has 1 aliphatic heterocycles. The molecule has 0 bridgehead atoms. The fraction of sp³-hybridized carbons (Fsp3) is 0.250. The van der Waals surface area contributed by atoms with Crippen molar-refractivity contribution in [3.63, 3.8) is 0 Å². The molecule has 0 unspecified atom stereocenters. The topological polar surface area (TPSA) is 96.7 Å². The SMILES string of the molecule is Nc1ccc(S(=O)(=O)NNc2ccccc2)cc1N1CCOCC1. The van der Waals surface area contributed by atoms with E-state index in [2.05, 4.69) is 10.3 Å². The molecule has 7 nitrogen and oxygen atoms in total. The van der Waals surface area contributed by atoms with Crippen molar-refractivity contribution in [2.24, 2.45) is 0 Å². The van der Waals surface area contributed by atoms with Crippen molar-refractivity contribution in [1.29, 1.82) is 0 Å². The highest BCUT2D eigenvalue weighted by atomic mass is 32.2. The smallest absolute Gasteiger partial charge is 0.257 e. The molecule has 0 spiro atoms. The highest BCUT2D eigenvalue weighted by molar-refractivity contribution is 7.89. The van der Waals surface area contributed by atoms with Crippen LogP contribution in [0.15, 0.2) is 53.4 Å². The number of ether oxygens (including phenoxy) is 1. The van der Waals surface area contributed by atoms with Crippen molar-refractivity contribution in [2.45, 2.75) is 4.90 Å². The summed E-state index contributed by atoms with van der Waals surface area (Å²) in [6, 6.07) is 13.7. The summed E-state index contributed by atoms with van der Waals surface area (Å²) in [6.07, 6.45) is 0. The minimum absolute atomic E-state index is 0.154. The van der Waals surface area contributed by atoms with Gasteiger partial charge in [-0.15, -0.1) is 4.83 Å². The van der Waals surface area contributed by atoms with E-state index in [1.54, 1.807) is 24.3 Å². The first-order valence-electron chi connectivity index (χ1n) is 7.61. The van der Waals surface area contributed by atoms with Gasteiger partial charge >= 0.3 is 0 Å². The van der Waals surface area contributed by atoms with Crippen molar-refractivity contribution in [3.8, 4) is 0 Å². The second kappa shape index (κ2) is 7.08. The van der Waals surface area contributed by atoms with Gasteiger partial charge in [-0.05, 0) is 30.3 Å². The molecule has 1 saturated heterocycles. The normalized spacial score (nSPS) is 15.2. The van der Waals surface area contributed by atoms with E-state index in [9.17, 15) is 8.42 Å². The van der Waals surface area contributed by atoms with E-state index in [1.807, 2.05) is 23.1 Å². The molecule has 2 aromatic rings. The Kier molecular flexibility index (Phi) is 4.89. The van der Waals surface area contributed by atoms with Crippen molar-refractivity contribution in [2.75, 3.05) is 42.4 Å². The van der Waals surface area contributed by atoms with Gasteiger partial charge in [-0.25, -0.2) is 8.42 Å². The maximum absolute atomic E-state index is 12.5. The highest BCUT2D eigenvalue weighted by Gasteiger charge is 2.19. The van der Waals surface area contributed by atoms with Gasteiger partial charge in [0.2, 0.25) is 0 Å². The number of nitrogens with zero attached hydrogens (tertiary/aromatic N) is 1. The van der Waals surface area contributed by atoms with Gasteiger partial charge in [-0.1, -0.05) is 18.2 Å². The number of hydrogen-bond acceptors (Lipinski definition) is 6. The Balaban J connectivity index is 1.80. The van der Waals surface area contributed by atoms with E-state index in [0.29, 0.717) is 43.4 Å². The highest BCUT2D eigenvalue weighted by Crippen LogP contribution is 2.27. The summed E-state index contributed by atoms with van der Waals surface area (Å²) in [5, 5.41) is 0. The number of anilines is 3. The number of nitrogens with two attached hydrogens (primary N) is 1. The van der Waals surface area contributed by atoms with Crippen LogP contribution in [0.3, 0.4) is 0 Å². The van der Waals surface area contributed by atoms with Crippen LogP contribution in [0.2, 0.25) is 0 Å². The first-order valence-corrected chi connectivity index (χ1v) is 9.10. The third-order valence-electron chi connectivity index (χ3n) is 3.77. The fourth-order valence-corrected chi connectivity index (χ4v) is 3.36. The Hall–Kier alpha value is -2.29. The van der Waals surface area contributed by atoms with Gasteiger partial charge in [0.05, 0.1) is 29.5 Å². The lowest BCUT2D eigenvalue weighted by Crippen LogP contribution is -2.37. The van der Waals surface area contributed by atoms with Crippen molar-refractivity contribution < 1.29 is 13.2 Å². The predicted octanol–water partition coefficient (Wildman–Crippen LogP) is 1.41. The molecule has 3 rings (SSSR count). The number of morpholine rings is 1. The number of hydrazine groups is 1. The number of para-hydroxylation sites is 1. The van der Waals surface area contributed by atoms with Crippen LogP contribution in [0.5, 0.6) is 0 Å². The van der Waals surface area contributed by atoms with E-state index in [-0.39, 0.29) is 4.90 Å². The standard InChI is InChI=1S/C16H20N4O3S/c17-15-7-6-14(12-16(15)20-8-10-23-11-9-20)24(21,22)19-18-13-4-2-1-3-5-13/h1-7,12,18-19H,8-11,17H2. The number of nitrogen functional groups attached to an aromatic ring is 1. The summed E-state index contributed by atoms with van der Waals surface area (Å²) < 4.78 is 30.3. The lowest BCUT2D eigenvalue weighted by atomic mass is 10.2. The van der Waals surface area contributed by atoms with Crippen LogP contribution >= 0.6 is 0 Å². The van der Waals surface area contributed by atoms with Crippen LogP contribution in [-0.2, 0) is 14.8 Å². The van der Waals surface area contributed by atoms with Gasteiger partial charge in [-0.2, -0.15) is 0 Å². The second-order valence-electron chi connectivity index (χ2n) is 5.42. The van der Waals surface area contributed by atoms with Crippen LogP contribution in [0.25, 0.3) is 0 Å². The van der Waals surface area contributed by atoms with Crippen molar-refractivity contribution in [3.05, 3.63) is 48.5 Å². The molecular formula is C16H20N4O3S. The minimum atomic E-state index is -3.71. The van der Waals surface area contributed by atoms with E-state index >= 15 is 0 Å². The van der Waals surface area contributed by atoms with E-state index in [0.717, 1.165) is 0 Å². The summed E-state index contributed by atoms with van der Waals surface area (Å²) in [7, 11) is -3.71. The average Bonchev–Trinajstić information content (AvgIpc) is 2.62. The van der Waals surface area contributed by atoms with Crippen LogP contribution in [0.4, 0.5) is 17.1 Å². The molecule has 0 aromatic heterocycles. The quantitative estimate of drug-likeness (QED) is 0.558. The molecule has 128 valence electrons. The third kappa shape index (κ3) is 3.78. The molecule has 0 saturated carbocycles. The maximum atomic E-state index is 12.5. The number of benzene rings is 2. The number of nitrogens with one attached hydrogen (secondary N) is 2. The summed E-state index contributed by atoms with van der Waals surface area (Å²) in [5.41, 5.74) is 10.6. The summed E-state index contributed by atoms with van der Waals surface area (Å²) >= 11 is 0. The van der Waals surface area contributed by atoms with Gasteiger partial charge in [0.25, 0.3) is 10.0 Å². The lowest BCUT2D eigenvalue weighted by Gasteiger charge is -2.30. The molecule has 24 heavy (non-hydrogen) atoms. The zero-order valence-corrected chi connectivity index (χ0v) is 13.9. The van der Waals surface area contributed by atoms with E-state index in [1.165, 1.54) is 6.07 Å². The second-order valence-corrected chi connectivity index (χ2v) is 7.10. The minimum Gasteiger partial charge on any atom is -0.397 e. The van der Waals surface area contributed by atoms with Crippen LogP contribution in [0.1, 0.15) is 0 Å². The van der Waals surface area contributed by atoms with Gasteiger partial charge in [0, 0.05) is 18.8 Å². The van der Waals surface area contributed by atoms with Gasteiger partial charge in [0.1, 0.15) is 0 Å². The van der Waals surface area contributed by atoms with Crippen LogP contribution in [-0.4, -0.2) is 34.7 Å². The first-order chi connectivity index (χ1) is 11.6. The number of rotatable bonds is 5. The molecule has 1 fully saturated rings. The summed E-state index contributed by atoms with van der Waals surface area (Å²) in [5.74, 6) is 0. The Labute approximate surface area is 141 Å². The molecule has 1 aliphatic rings. The Morgan fingerprint density at radius 3 is 2.46 bits per heavy atom. The van der Waals surface area contributed by atoms with E-state index < -0.39 is 10.0 Å². The fourth-order valence-electron chi connectivity index (χ4n) is 2.48. The molecule has 2 aromatic carbocycles. The van der Waals surface area contributed by atoms with Crippen molar-refractivity contribution in [1.82, 2.24) is 4.83 Å². The van der Waals surface area contributed by atoms with Gasteiger partial charge in [0.15, 0.2) is 0 Å². The van der Waals surface area contributed by atoms with Crippen LogP contribution in [0, 0.1) is 0 Å². The van der Waals surface area contributed by atoms with Crippen LogP contribution < -0.4 is 20.9 Å². The Morgan fingerprint density at radius 2 is 1.75 bits per heavy atom. The lowest BCUT2D eigenvalue weighted by molar-refractivity contribution is 0.123. The van der Waals surface area contributed by atoms with Gasteiger partial charge < -0.3 is 20.8 Å². The predicted molar refractivity (Wildman–Crippen MR) is 94.3 cm³/mol. The average molecular weight is 348 g/mol. The summed E-state index contributed by atoms with van der Waals surface area (Å²) in [4.78, 5) is 4.56. The third-order valence-corrected chi connectivity index (χ3v) is 5.01. The first kappa shape index (κ1) is 16.6. The molecule has 4 N–H and O–H groups in total. The molecule has 0 atom stereocenters. The van der Waals surface area contributed by atoms with E-state index in [4.69, 9.17) is 10.5 Å². The molecule has 1 heterocycles. The molecular weight excluding hydrogens is 328 g/mol. The molecule has 0 aliphatic carbocycles.